The molecular weight excluding hydrogens is 352 g/mol. The molecule has 1 saturated heterocycles. The van der Waals surface area contributed by atoms with Crippen molar-refractivity contribution in [2.24, 2.45) is 0 Å². The zero-order chi connectivity index (χ0) is 14.9. The van der Waals surface area contributed by atoms with Crippen LogP contribution in [0.1, 0.15) is 32.1 Å². The minimum absolute atomic E-state index is 0.225. The summed E-state index contributed by atoms with van der Waals surface area (Å²) in [4.78, 5) is 0.392. The number of sulfonamides is 1. The molecule has 0 amide bonds. The number of halogens is 1. The molecule has 0 atom stereocenters. The smallest absolute Gasteiger partial charge is 0.243 e. The highest BCUT2D eigenvalue weighted by Crippen LogP contribution is 2.38. The van der Waals surface area contributed by atoms with Gasteiger partial charge in [-0.25, -0.2) is 8.42 Å². The summed E-state index contributed by atoms with van der Waals surface area (Å²) in [5.41, 5.74) is -0.225. The second-order valence-electron chi connectivity index (χ2n) is 6.00. The molecule has 2 aliphatic rings. The van der Waals surface area contributed by atoms with Crippen LogP contribution in [0.2, 0.25) is 0 Å². The van der Waals surface area contributed by atoms with Gasteiger partial charge < -0.3 is 5.32 Å². The first-order valence-electron chi connectivity index (χ1n) is 7.54. The van der Waals surface area contributed by atoms with Gasteiger partial charge in [-0.1, -0.05) is 41.3 Å². The van der Waals surface area contributed by atoms with Crippen molar-refractivity contribution in [3.63, 3.8) is 0 Å². The number of hydrogen-bond donors (Lipinski definition) is 1. The molecule has 1 spiro atoms. The molecule has 116 valence electrons. The molecule has 1 aromatic carbocycles. The quantitative estimate of drug-likeness (QED) is 0.867. The SMILES string of the molecule is O=S(=O)(c1cccc(Br)c1)N1CCNCC12CCCCC2. The molecule has 1 aliphatic heterocycles. The Labute approximate surface area is 135 Å². The Bertz CT molecular complexity index is 604. The van der Waals surface area contributed by atoms with Gasteiger partial charge in [-0.2, -0.15) is 4.31 Å². The van der Waals surface area contributed by atoms with E-state index in [2.05, 4.69) is 21.2 Å². The average molecular weight is 373 g/mol. The minimum Gasteiger partial charge on any atom is -0.314 e. The Morgan fingerprint density at radius 3 is 2.67 bits per heavy atom. The molecule has 1 N–H and O–H groups in total. The van der Waals surface area contributed by atoms with Gasteiger partial charge in [0.25, 0.3) is 0 Å². The molecule has 3 rings (SSSR count). The first kappa shape index (κ1) is 15.5. The van der Waals surface area contributed by atoms with Gasteiger partial charge >= 0.3 is 0 Å². The van der Waals surface area contributed by atoms with Gasteiger partial charge in [0.05, 0.1) is 4.90 Å². The Morgan fingerprint density at radius 1 is 1.19 bits per heavy atom. The topological polar surface area (TPSA) is 49.4 Å². The Morgan fingerprint density at radius 2 is 1.95 bits per heavy atom. The third-order valence-corrected chi connectivity index (χ3v) is 7.14. The van der Waals surface area contributed by atoms with Crippen molar-refractivity contribution in [1.29, 1.82) is 0 Å². The maximum absolute atomic E-state index is 13.1. The second-order valence-corrected chi connectivity index (χ2v) is 8.77. The van der Waals surface area contributed by atoms with Crippen LogP contribution in [0.4, 0.5) is 0 Å². The van der Waals surface area contributed by atoms with Crippen LogP contribution in [-0.2, 0) is 10.0 Å². The standard InChI is InChI=1S/C15H21BrN2O2S/c16-13-5-4-6-14(11-13)21(19,20)18-10-9-17-12-15(18)7-2-1-3-8-15/h4-6,11,17H,1-3,7-10,12H2. The van der Waals surface area contributed by atoms with Crippen LogP contribution in [0.3, 0.4) is 0 Å². The van der Waals surface area contributed by atoms with Gasteiger partial charge in [-0.3, -0.25) is 0 Å². The van der Waals surface area contributed by atoms with Gasteiger partial charge in [0.15, 0.2) is 0 Å². The molecule has 1 aliphatic carbocycles. The maximum Gasteiger partial charge on any atom is 0.243 e. The molecule has 0 bridgehead atoms. The summed E-state index contributed by atoms with van der Waals surface area (Å²) in [6.45, 7) is 2.07. The van der Waals surface area contributed by atoms with Crippen molar-refractivity contribution in [1.82, 2.24) is 9.62 Å². The minimum atomic E-state index is -3.43. The van der Waals surface area contributed by atoms with Crippen molar-refractivity contribution in [2.45, 2.75) is 42.5 Å². The summed E-state index contributed by atoms with van der Waals surface area (Å²) in [7, 11) is -3.43. The zero-order valence-electron chi connectivity index (χ0n) is 12.0. The first-order chi connectivity index (χ1) is 10.0. The van der Waals surface area contributed by atoms with Gasteiger partial charge in [-0.15, -0.1) is 0 Å². The normalized spacial score (nSPS) is 23.3. The van der Waals surface area contributed by atoms with Crippen molar-refractivity contribution < 1.29 is 8.42 Å². The summed E-state index contributed by atoms with van der Waals surface area (Å²) < 4.78 is 28.8. The van der Waals surface area contributed by atoms with E-state index in [4.69, 9.17) is 0 Å². The Hall–Kier alpha value is -0.430. The maximum atomic E-state index is 13.1. The van der Waals surface area contributed by atoms with Crippen LogP contribution in [0, 0.1) is 0 Å². The molecule has 4 nitrogen and oxygen atoms in total. The van der Waals surface area contributed by atoms with Crippen LogP contribution in [-0.4, -0.2) is 37.9 Å². The first-order valence-corrected chi connectivity index (χ1v) is 9.77. The second kappa shape index (κ2) is 5.99. The summed E-state index contributed by atoms with van der Waals surface area (Å²) in [5, 5.41) is 3.39. The Balaban J connectivity index is 1.99. The summed E-state index contributed by atoms with van der Waals surface area (Å²) in [6.07, 6.45) is 5.38. The van der Waals surface area contributed by atoms with Gasteiger partial charge in [0.1, 0.15) is 0 Å². The van der Waals surface area contributed by atoms with Crippen molar-refractivity contribution in [3.8, 4) is 0 Å². The van der Waals surface area contributed by atoms with E-state index >= 15 is 0 Å². The number of nitrogens with zero attached hydrogens (tertiary/aromatic N) is 1. The molecule has 0 unspecified atom stereocenters. The van der Waals surface area contributed by atoms with Crippen molar-refractivity contribution in [2.75, 3.05) is 19.6 Å². The molecule has 1 heterocycles. The molecule has 0 radical (unpaired) electrons. The number of hydrogen-bond acceptors (Lipinski definition) is 3. The van der Waals surface area contributed by atoms with E-state index in [1.165, 1.54) is 6.42 Å². The van der Waals surface area contributed by atoms with Crippen LogP contribution in [0.15, 0.2) is 33.6 Å². The van der Waals surface area contributed by atoms with E-state index in [1.54, 1.807) is 22.5 Å². The zero-order valence-corrected chi connectivity index (χ0v) is 14.4. The molecule has 1 aromatic rings. The van der Waals surface area contributed by atoms with E-state index in [9.17, 15) is 8.42 Å². The molecule has 6 heteroatoms. The third kappa shape index (κ3) is 2.91. The van der Waals surface area contributed by atoms with Crippen molar-refractivity contribution in [3.05, 3.63) is 28.7 Å². The largest absolute Gasteiger partial charge is 0.314 e. The van der Waals surface area contributed by atoms with Crippen LogP contribution in [0.5, 0.6) is 0 Å². The molecular formula is C15H21BrN2O2S. The number of rotatable bonds is 2. The van der Waals surface area contributed by atoms with E-state index in [0.29, 0.717) is 11.4 Å². The lowest BCUT2D eigenvalue weighted by Gasteiger charge is -2.48. The van der Waals surface area contributed by atoms with E-state index in [-0.39, 0.29) is 5.54 Å². The van der Waals surface area contributed by atoms with Gasteiger partial charge in [-0.05, 0) is 31.0 Å². The van der Waals surface area contributed by atoms with Crippen molar-refractivity contribution >= 4 is 26.0 Å². The number of benzene rings is 1. The lowest BCUT2D eigenvalue weighted by Crippen LogP contribution is -2.63. The molecule has 2 fully saturated rings. The fraction of sp³-hybridized carbons (Fsp3) is 0.600. The summed E-state index contributed by atoms with van der Waals surface area (Å²) >= 11 is 3.37. The number of piperazine rings is 1. The fourth-order valence-electron chi connectivity index (χ4n) is 3.59. The van der Waals surface area contributed by atoms with E-state index < -0.39 is 10.0 Å². The van der Waals surface area contributed by atoms with E-state index in [0.717, 1.165) is 43.2 Å². The molecule has 0 aromatic heterocycles. The average Bonchev–Trinajstić information content (AvgIpc) is 2.48. The predicted octanol–water partition coefficient (Wildman–Crippen LogP) is 2.75. The van der Waals surface area contributed by atoms with Crippen LogP contribution >= 0.6 is 15.9 Å². The van der Waals surface area contributed by atoms with Gasteiger partial charge in [0, 0.05) is 29.6 Å². The van der Waals surface area contributed by atoms with Gasteiger partial charge in [0.2, 0.25) is 10.0 Å². The number of nitrogens with one attached hydrogen (secondary N) is 1. The summed E-state index contributed by atoms with van der Waals surface area (Å²) in [6, 6.07) is 7.03. The highest BCUT2D eigenvalue weighted by Gasteiger charge is 2.46. The third-order valence-electron chi connectivity index (χ3n) is 4.64. The Kier molecular flexibility index (Phi) is 4.41. The van der Waals surface area contributed by atoms with E-state index in [1.807, 2.05) is 6.07 Å². The lowest BCUT2D eigenvalue weighted by atomic mass is 9.80. The fourth-order valence-corrected chi connectivity index (χ4v) is 6.01. The monoisotopic (exact) mass is 372 g/mol. The lowest BCUT2D eigenvalue weighted by molar-refractivity contribution is 0.101. The van der Waals surface area contributed by atoms with Crippen LogP contribution < -0.4 is 5.32 Å². The summed E-state index contributed by atoms with van der Waals surface area (Å²) in [5.74, 6) is 0. The predicted molar refractivity (Wildman–Crippen MR) is 86.7 cm³/mol. The molecule has 21 heavy (non-hydrogen) atoms. The molecule has 1 saturated carbocycles. The highest BCUT2D eigenvalue weighted by atomic mass is 79.9. The highest BCUT2D eigenvalue weighted by molar-refractivity contribution is 9.10. The van der Waals surface area contributed by atoms with Crippen LogP contribution in [0.25, 0.3) is 0 Å².